The van der Waals surface area contributed by atoms with Gasteiger partial charge in [-0.05, 0) is 0 Å². The van der Waals surface area contributed by atoms with Crippen molar-refractivity contribution in [2.45, 2.75) is 24.2 Å². The summed E-state index contributed by atoms with van der Waals surface area (Å²) in [5.41, 5.74) is 3.61. The molecule has 0 aliphatic rings. The number of rotatable bonds is 6. The van der Waals surface area contributed by atoms with E-state index in [1.54, 1.807) is 6.20 Å². The molecule has 0 atom stereocenters. The van der Waals surface area contributed by atoms with Gasteiger partial charge in [0, 0.05) is 0 Å². The fourth-order valence-electron chi connectivity index (χ4n) is 2.26. The van der Waals surface area contributed by atoms with Crippen LogP contribution in [0.2, 0.25) is 4.44 Å². The van der Waals surface area contributed by atoms with E-state index in [1.165, 1.54) is 20.9 Å². The van der Waals surface area contributed by atoms with Crippen LogP contribution in [0.4, 0.5) is 0 Å². The summed E-state index contributed by atoms with van der Waals surface area (Å²) >= 11 is -0.699. The molecule has 0 amide bonds. The van der Waals surface area contributed by atoms with Crippen LogP contribution in [0.15, 0.2) is 54.9 Å². The summed E-state index contributed by atoms with van der Waals surface area (Å²) in [5.74, 6) is 0. The Morgan fingerprint density at radius 3 is 2.26 bits per heavy atom. The Balaban J connectivity index is 1.99. The molecule has 0 saturated heterocycles. The van der Waals surface area contributed by atoms with Crippen LogP contribution in [0.3, 0.4) is 0 Å². The number of hydrogen-bond donors (Lipinski definition) is 0. The van der Waals surface area contributed by atoms with Crippen LogP contribution in [0.5, 0.6) is 0 Å². The van der Waals surface area contributed by atoms with Gasteiger partial charge in [0.2, 0.25) is 0 Å². The Morgan fingerprint density at radius 2 is 1.61 bits per heavy atom. The SMILES string of the molecule is CCC[CH2][Sn][c]1cc(-c2ccccn2)nnc1-c1ccccn1. The summed E-state index contributed by atoms with van der Waals surface area (Å²) < 4.78 is 2.67. The molecular weight excluding hydrogens is 391 g/mol. The third-order valence-corrected chi connectivity index (χ3v) is 7.37. The molecular formula is C18H18N4Sn. The van der Waals surface area contributed by atoms with Crippen molar-refractivity contribution in [3.8, 4) is 22.8 Å². The summed E-state index contributed by atoms with van der Waals surface area (Å²) in [6.45, 7) is 2.24. The minimum atomic E-state index is -0.699. The van der Waals surface area contributed by atoms with E-state index in [4.69, 9.17) is 0 Å². The van der Waals surface area contributed by atoms with Crippen molar-refractivity contribution in [3.63, 3.8) is 0 Å². The first-order valence-electron chi connectivity index (χ1n) is 7.83. The molecule has 3 rings (SSSR count). The molecule has 0 spiro atoms. The Hall–Kier alpha value is -1.82. The van der Waals surface area contributed by atoms with Crippen LogP contribution in [0.1, 0.15) is 19.8 Å². The molecule has 3 aromatic rings. The van der Waals surface area contributed by atoms with E-state index in [9.17, 15) is 0 Å². The fraction of sp³-hybridized carbons (Fsp3) is 0.222. The molecule has 23 heavy (non-hydrogen) atoms. The predicted molar refractivity (Wildman–Crippen MR) is 93.6 cm³/mol. The zero-order chi connectivity index (χ0) is 15.9. The average molecular weight is 409 g/mol. The van der Waals surface area contributed by atoms with Gasteiger partial charge in [-0.2, -0.15) is 0 Å². The molecule has 0 aliphatic carbocycles. The van der Waals surface area contributed by atoms with E-state index in [0.717, 1.165) is 22.8 Å². The standard InChI is InChI=1S/C14H9N4.C4H9.Sn/c1-3-9-15-11(5-1)13-7-8-14(18-17-13)12-6-2-4-10-16-12;1-3-4-2;/h1-7,9-10H;1,3-4H2,2H3;. The average Bonchev–Trinajstić information content (AvgIpc) is 2.63. The molecule has 0 aromatic carbocycles. The molecule has 3 aromatic heterocycles. The molecule has 114 valence electrons. The van der Waals surface area contributed by atoms with Crippen LogP contribution in [0.25, 0.3) is 22.8 Å². The van der Waals surface area contributed by atoms with Crippen molar-refractivity contribution in [2.24, 2.45) is 0 Å². The van der Waals surface area contributed by atoms with Crippen LogP contribution in [-0.4, -0.2) is 41.3 Å². The van der Waals surface area contributed by atoms with Crippen molar-refractivity contribution in [1.82, 2.24) is 20.2 Å². The molecule has 0 bridgehead atoms. The van der Waals surface area contributed by atoms with Crippen LogP contribution < -0.4 is 3.58 Å². The predicted octanol–water partition coefficient (Wildman–Crippen LogP) is 3.15. The second-order valence-corrected chi connectivity index (χ2v) is 9.18. The van der Waals surface area contributed by atoms with E-state index in [-0.39, 0.29) is 0 Å². The second kappa shape index (κ2) is 8.15. The number of nitrogens with zero attached hydrogens (tertiary/aromatic N) is 4. The second-order valence-electron chi connectivity index (χ2n) is 5.20. The molecule has 5 heteroatoms. The van der Waals surface area contributed by atoms with Crippen molar-refractivity contribution in [3.05, 3.63) is 54.9 Å². The van der Waals surface area contributed by atoms with E-state index in [1.807, 2.05) is 42.6 Å². The van der Waals surface area contributed by atoms with Crippen LogP contribution in [0, 0.1) is 0 Å². The first-order valence-corrected chi connectivity index (χ1v) is 11.3. The number of hydrogen-bond acceptors (Lipinski definition) is 4. The van der Waals surface area contributed by atoms with Crippen LogP contribution in [-0.2, 0) is 0 Å². The van der Waals surface area contributed by atoms with E-state index in [0.29, 0.717) is 0 Å². The summed E-state index contributed by atoms with van der Waals surface area (Å²) in [7, 11) is 0. The quantitative estimate of drug-likeness (QED) is 0.464. The molecule has 2 radical (unpaired) electrons. The summed E-state index contributed by atoms with van der Waals surface area (Å²) in [4.78, 5) is 8.84. The van der Waals surface area contributed by atoms with Gasteiger partial charge in [-0.15, -0.1) is 0 Å². The Bertz CT molecular complexity index is 747. The van der Waals surface area contributed by atoms with Crippen LogP contribution >= 0.6 is 0 Å². The Kier molecular flexibility index (Phi) is 5.69. The minimum absolute atomic E-state index is 0.699. The van der Waals surface area contributed by atoms with Gasteiger partial charge in [-0.25, -0.2) is 0 Å². The third kappa shape index (κ3) is 4.13. The van der Waals surface area contributed by atoms with Gasteiger partial charge >= 0.3 is 147 Å². The summed E-state index contributed by atoms with van der Waals surface area (Å²) in [5, 5.41) is 8.88. The molecule has 0 fully saturated rings. The van der Waals surface area contributed by atoms with Gasteiger partial charge in [0.25, 0.3) is 0 Å². The van der Waals surface area contributed by atoms with Crippen molar-refractivity contribution in [2.75, 3.05) is 0 Å². The Morgan fingerprint density at radius 1 is 0.870 bits per heavy atom. The zero-order valence-electron chi connectivity index (χ0n) is 13.1. The Labute approximate surface area is 146 Å². The van der Waals surface area contributed by atoms with Gasteiger partial charge in [-0.1, -0.05) is 0 Å². The summed E-state index contributed by atoms with van der Waals surface area (Å²) in [6, 6.07) is 14.0. The monoisotopic (exact) mass is 410 g/mol. The van der Waals surface area contributed by atoms with Gasteiger partial charge < -0.3 is 0 Å². The van der Waals surface area contributed by atoms with E-state index >= 15 is 0 Å². The van der Waals surface area contributed by atoms with Gasteiger partial charge in [0.15, 0.2) is 0 Å². The molecule has 4 nitrogen and oxygen atoms in total. The van der Waals surface area contributed by atoms with Crippen molar-refractivity contribution < 1.29 is 0 Å². The first kappa shape index (κ1) is 16.1. The van der Waals surface area contributed by atoms with Crippen molar-refractivity contribution >= 4 is 24.7 Å². The zero-order valence-corrected chi connectivity index (χ0v) is 16.0. The molecule has 0 N–H and O–H groups in total. The first-order chi connectivity index (χ1) is 11.4. The summed E-state index contributed by atoms with van der Waals surface area (Å²) in [6.07, 6.45) is 6.13. The molecule has 0 saturated carbocycles. The van der Waals surface area contributed by atoms with E-state index < -0.39 is 21.1 Å². The normalized spacial score (nSPS) is 10.7. The van der Waals surface area contributed by atoms with Crippen molar-refractivity contribution in [1.29, 1.82) is 0 Å². The third-order valence-electron chi connectivity index (χ3n) is 3.47. The van der Waals surface area contributed by atoms with E-state index in [2.05, 4.69) is 33.2 Å². The van der Waals surface area contributed by atoms with Gasteiger partial charge in [0.05, 0.1) is 0 Å². The number of pyridine rings is 2. The maximum absolute atomic E-state index is 4.49. The van der Waals surface area contributed by atoms with Gasteiger partial charge in [-0.3, -0.25) is 0 Å². The van der Waals surface area contributed by atoms with Gasteiger partial charge in [0.1, 0.15) is 0 Å². The molecule has 0 aliphatic heterocycles. The number of unbranched alkanes of at least 4 members (excludes halogenated alkanes) is 1. The fourth-order valence-corrected chi connectivity index (χ4v) is 6.21. The molecule has 3 heterocycles. The molecule has 0 unspecified atom stereocenters. The number of aromatic nitrogens is 4. The topological polar surface area (TPSA) is 51.6 Å². The maximum atomic E-state index is 4.49.